The van der Waals surface area contributed by atoms with Gasteiger partial charge in [0.2, 0.25) is 0 Å². The Hall–Kier alpha value is -7.36. The molecule has 658 valence electrons. The second-order valence-corrected chi connectivity index (χ2v) is 44.5. The lowest BCUT2D eigenvalue weighted by molar-refractivity contribution is 0.153. The van der Waals surface area contributed by atoms with Crippen LogP contribution in [-0.4, -0.2) is 83.4 Å². The molecule has 6 saturated carbocycles. The van der Waals surface area contributed by atoms with Crippen LogP contribution >= 0.6 is 0 Å². The van der Waals surface area contributed by atoms with E-state index in [2.05, 4.69) is 40.5 Å². The summed E-state index contributed by atoms with van der Waals surface area (Å²) in [5.74, 6) is 1.50. The molecule has 0 atom stereocenters. The predicted octanol–water partition coefficient (Wildman–Crippen LogP) is 23.4. The van der Waals surface area contributed by atoms with E-state index >= 15 is 8.78 Å². The molecule has 6 fully saturated rings. The predicted molar refractivity (Wildman–Crippen MR) is 456 cm³/mol. The first kappa shape index (κ1) is 94.3. The molecule has 0 radical (unpaired) electrons. The number of hydrogen-bond donors (Lipinski definition) is 0. The first-order valence-corrected chi connectivity index (χ1v) is 51.4. The molecule has 0 saturated heterocycles. The van der Waals surface area contributed by atoms with Crippen molar-refractivity contribution in [3.8, 4) is 28.7 Å². The van der Waals surface area contributed by atoms with Gasteiger partial charge in [0, 0.05) is 24.5 Å². The van der Waals surface area contributed by atoms with Crippen molar-refractivity contribution in [2.24, 2.45) is 0 Å². The molecule has 0 aliphatic heterocycles. The van der Waals surface area contributed by atoms with Crippen molar-refractivity contribution in [3.05, 3.63) is 225 Å². The summed E-state index contributed by atoms with van der Waals surface area (Å²) in [6, 6.07) is 50.8. The van der Waals surface area contributed by atoms with Crippen LogP contribution in [0.15, 0.2) is 199 Å². The van der Waals surface area contributed by atoms with Crippen LogP contribution in [-0.2, 0) is 72.2 Å². The summed E-state index contributed by atoms with van der Waals surface area (Å²) in [6.07, 6.45) is 28.7. The van der Waals surface area contributed by atoms with Crippen LogP contribution in [0.2, 0.25) is 0 Å². The minimum atomic E-state index is -6.48. The highest BCUT2D eigenvalue weighted by atomic mass is 32.3. The maximum Gasteiger partial charge on any atom is 0.470 e. The van der Waals surface area contributed by atoms with Crippen molar-refractivity contribution in [1.29, 1.82) is 0 Å². The Morgan fingerprint density at radius 1 is 0.331 bits per heavy atom. The van der Waals surface area contributed by atoms with Crippen molar-refractivity contribution in [2.45, 2.75) is 267 Å². The standard InChI is InChI=1S/C26H38F2NO7S3.C25H36F2O6S2.C21H21O3S.C18H12F3S/c1-37(30,31)29-38(32,33)26(27,28)39(34,35)36-25-23(20-13-7-3-8-14-20)17-22(19-11-5-2-6-12-19)18-24(25)21-15-9-4-10-16-21;26-25(27,34(28,29)30)35(31,32)33-24-22(19-12-6-2-7-13-19)16-21(18-10-4-1-5-11-18)17-23(24)20-14-8-3-9-15-20;1-22-16-7-4-10-19(13-16)25(20-11-5-8-17(14-20)23-2)21-12-6-9-18(15-21)24-3;19-13-1-7-16(8-2-13)22(17-9-3-14(20)4-10-17)18-11-5-15(21)6-12-18/h17-21H,2-16H2,1H3;16-20H,1-15H2,(H,28,29,30);4-15H,1-3H3;1-12H/q-1;;2*+1/p-1. The van der Waals surface area contributed by atoms with Crippen molar-refractivity contribution in [1.82, 2.24) is 0 Å². The molecule has 6 aliphatic rings. The van der Waals surface area contributed by atoms with Gasteiger partial charge in [0.1, 0.15) is 46.2 Å². The Balaban J connectivity index is 0.000000161. The Bertz CT molecular complexity index is 5070. The Labute approximate surface area is 714 Å². The number of sulfonamides is 2. The average molecular weight is 1820 g/mol. The van der Waals surface area contributed by atoms with Crippen molar-refractivity contribution >= 4 is 72.2 Å². The third-order valence-electron chi connectivity index (χ3n) is 23.4. The topological polar surface area (TPSA) is 254 Å². The van der Waals surface area contributed by atoms with Gasteiger partial charge in [-0.1, -0.05) is 158 Å². The number of ether oxygens (including phenoxy) is 3. The highest BCUT2D eigenvalue weighted by molar-refractivity contribution is 8.18. The highest BCUT2D eigenvalue weighted by Gasteiger charge is 2.58. The molecule has 8 aromatic carbocycles. The minimum absolute atomic E-state index is 0.0580. The Morgan fingerprint density at radius 3 is 0.810 bits per heavy atom. The number of methoxy groups -OCH3 is 3. The van der Waals surface area contributed by atoms with Crippen LogP contribution in [0.3, 0.4) is 0 Å². The smallest absolute Gasteiger partial charge is 0.470 e. The van der Waals surface area contributed by atoms with Gasteiger partial charge in [-0.25, -0.2) is 38.4 Å². The highest BCUT2D eigenvalue weighted by Crippen LogP contribution is 2.52. The molecule has 121 heavy (non-hydrogen) atoms. The van der Waals surface area contributed by atoms with Gasteiger partial charge in [0.05, 0.1) is 53.1 Å². The Kier molecular flexibility index (Phi) is 32.8. The number of hydrogen-bond acceptors (Lipinski definition) is 16. The molecule has 6 aliphatic carbocycles. The molecular formula is C90H106F7NO16S7. The maximum atomic E-state index is 15.1. The zero-order valence-corrected chi connectivity index (χ0v) is 74.0. The van der Waals surface area contributed by atoms with Crippen LogP contribution in [0, 0.1) is 17.5 Å². The SMILES string of the molecule is COc1cccc([S+](c2cccc(OC)c2)c2cccc(OC)c2)c1.CS(=O)(=O)[N-]S(=O)(=O)C(F)(F)S(=O)(=O)Oc1c(C2CCCCC2)cc(C2CCCCC2)cc1C1CCCCC1.Fc1ccc([S+](c2ccc(F)cc2)c2ccc(F)cc2)cc1.O=S(=O)([O-])C(F)(F)S(=O)(=O)Oc1c(C2CCCCC2)cc(C2CCCCC2)cc1C1CCCCC1. The van der Waals surface area contributed by atoms with Crippen molar-refractivity contribution in [3.63, 3.8) is 0 Å². The van der Waals surface area contributed by atoms with Gasteiger partial charge >= 0.3 is 29.4 Å². The molecule has 0 amide bonds. The molecule has 0 unspecified atom stereocenters. The minimum Gasteiger partial charge on any atom is -0.742 e. The number of rotatable bonds is 25. The fourth-order valence-corrected chi connectivity index (χ4v) is 26.8. The van der Waals surface area contributed by atoms with Crippen LogP contribution in [0.25, 0.3) is 4.13 Å². The van der Waals surface area contributed by atoms with E-state index in [0.29, 0.717) is 34.4 Å². The molecule has 14 rings (SSSR count). The van der Waals surface area contributed by atoms with Crippen LogP contribution in [0.1, 0.15) is 262 Å². The molecule has 0 bridgehead atoms. The van der Waals surface area contributed by atoms with Gasteiger partial charge in [-0.15, -0.1) is 0 Å². The number of benzene rings is 8. The third kappa shape index (κ3) is 24.2. The van der Waals surface area contributed by atoms with E-state index in [9.17, 15) is 68.6 Å². The van der Waals surface area contributed by atoms with Crippen LogP contribution in [0.5, 0.6) is 28.7 Å². The van der Waals surface area contributed by atoms with Crippen LogP contribution in [0.4, 0.5) is 30.7 Å². The summed E-state index contributed by atoms with van der Waals surface area (Å²) in [4.78, 5) is 6.21. The number of alkyl halides is 4. The molecule has 0 spiro atoms. The molecular weight excluding hydrogens is 1710 g/mol. The quantitative estimate of drug-likeness (QED) is 0.0223. The summed E-state index contributed by atoms with van der Waals surface area (Å²) in [5, 5.41) is 0. The molecule has 0 N–H and O–H groups in total. The first-order chi connectivity index (χ1) is 57.6. The zero-order valence-electron chi connectivity index (χ0n) is 68.3. The van der Waals surface area contributed by atoms with Gasteiger partial charge in [-0.3, -0.25) is 0 Å². The summed E-state index contributed by atoms with van der Waals surface area (Å²) >= 11 is 0. The zero-order chi connectivity index (χ0) is 86.9. The Morgan fingerprint density at radius 2 is 0.570 bits per heavy atom. The lowest BCUT2D eigenvalue weighted by atomic mass is 9.75. The van der Waals surface area contributed by atoms with Gasteiger partial charge < -0.3 is 31.3 Å². The fourth-order valence-electron chi connectivity index (χ4n) is 17.3. The summed E-state index contributed by atoms with van der Waals surface area (Å²) in [5.41, 5.74) is 4.39. The average Bonchev–Trinajstić information content (AvgIpc) is 0.750. The van der Waals surface area contributed by atoms with Crippen molar-refractivity contribution in [2.75, 3.05) is 27.6 Å². The van der Waals surface area contributed by atoms with E-state index < -0.39 is 70.5 Å². The van der Waals surface area contributed by atoms with Gasteiger partial charge in [-0.05, 0) is 255 Å². The second-order valence-electron chi connectivity index (χ2n) is 31.8. The van der Waals surface area contributed by atoms with E-state index in [1.54, 1.807) is 57.7 Å². The lowest BCUT2D eigenvalue weighted by Gasteiger charge is -2.32. The number of nitrogens with zero attached hydrogens (tertiary/aromatic N) is 1. The van der Waals surface area contributed by atoms with Crippen LogP contribution < -0.4 is 22.6 Å². The molecule has 31 heteroatoms. The van der Waals surface area contributed by atoms with Gasteiger partial charge in [-0.2, -0.15) is 34.4 Å². The van der Waals surface area contributed by atoms with E-state index in [-0.39, 0.29) is 69.4 Å². The lowest BCUT2D eigenvalue weighted by Crippen LogP contribution is -2.41. The van der Waals surface area contributed by atoms with Crippen molar-refractivity contribution < 1.29 is 100.0 Å². The normalized spacial score (nSPS) is 17.6. The van der Waals surface area contributed by atoms with Gasteiger partial charge in [0.25, 0.3) is 0 Å². The fraction of sp³-hybridized carbons (Fsp3) is 0.467. The summed E-state index contributed by atoms with van der Waals surface area (Å²) in [7, 11) is -25.6. The monoisotopic (exact) mass is 1810 g/mol. The van der Waals surface area contributed by atoms with E-state index in [0.717, 1.165) is 229 Å². The number of halogens is 7. The molecule has 17 nitrogen and oxygen atoms in total. The summed E-state index contributed by atoms with van der Waals surface area (Å²) in [6.45, 7) is 0. The third-order valence-corrected chi connectivity index (χ3v) is 35.3. The van der Waals surface area contributed by atoms with E-state index in [1.807, 2.05) is 60.7 Å². The van der Waals surface area contributed by atoms with Gasteiger partial charge in [0.15, 0.2) is 49.5 Å². The second kappa shape index (κ2) is 42.1. The summed E-state index contributed by atoms with van der Waals surface area (Å²) < 4.78 is 247. The molecule has 0 heterocycles. The van der Waals surface area contributed by atoms with E-state index in [1.165, 1.54) is 57.5 Å². The maximum absolute atomic E-state index is 15.1. The first-order valence-electron chi connectivity index (χ1n) is 41.4. The largest absolute Gasteiger partial charge is 0.742 e. The molecule has 8 aromatic rings. The molecule has 0 aromatic heterocycles. The van der Waals surface area contributed by atoms with E-state index in [4.69, 9.17) is 22.6 Å².